The van der Waals surface area contributed by atoms with Crippen molar-refractivity contribution < 1.29 is 9.72 Å². The summed E-state index contributed by atoms with van der Waals surface area (Å²) in [7, 11) is 0. The topological polar surface area (TPSA) is 98.3 Å². The van der Waals surface area contributed by atoms with Crippen molar-refractivity contribution in [2.24, 2.45) is 5.73 Å². The molecule has 0 unspecified atom stereocenters. The van der Waals surface area contributed by atoms with Crippen molar-refractivity contribution in [3.05, 3.63) is 33.3 Å². The molecule has 1 aromatic carbocycles. The molecule has 1 amide bonds. The fraction of sp³-hybridized carbons (Fsp3) is 0.500. The number of benzene rings is 1. The highest BCUT2D eigenvalue weighted by Gasteiger charge is 2.30. The summed E-state index contributed by atoms with van der Waals surface area (Å²) in [4.78, 5) is 22.3. The minimum Gasteiger partial charge on any atom is -0.325 e. The maximum absolute atomic E-state index is 12.1. The SMILES string of the molecule is NC1(CC(=O)Nc2cc([N+](=O)[O-])ccc2Cl)CCCCC1. The van der Waals surface area contributed by atoms with Crippen molar-refractivity contribution >= 4 is 28.9 Å². The maximum atomic E-state index is 12.1. The van der Waals surface area contributed by atoms with E-state index in [1.54, 1.807) is 0 Å². The van der Waals surface area contributed by atoms with Gasteiger partial charge in [0, 0.05) is 24.1 Å². The zero-order valence-electron chi connectivity index (χ0n) is 11.6. The third-order valence-electron chi connectivity index (χ3n) is 3.80. The molecular formula is C14H18ClN3O3. The van der Waals surface area contributed by atoms with E-state index in [1.165, 1.54) is 18.2 Å². The van der Waals surface area contributed by atoms with E-state index < -0.39 is 10.5 Å². The van der Waals surface area contributed by atoms with Gasteiger partial charge >= 0.3 is 0 Å². The van der Waals surface area contributed by atoms with Gasteiger partial charge in [0.1, 0.15) is 0 Å². The van der Waals surface area contributed by atoms with Gasteiger partial charge in [-0.3, -0.25) is 14.9 Å². The van der Waals surface area contributed by atoms with E-state index in [2.05, 4.69) is 5.32 Å². The van der Waals surface area contributed by atoms with Gasteiger partial charge < -0.3 is 11.1 Å². The van der Waals surface area contributed by atoms with Crippen LogP contribution in [0.5, 0.6) is 0 Å². The number of halogens is 1. The van der Waals surface area contributed by atoms with E-state index in [0.29, 0.717) is 0 Å². The second-order valence-corrected chi connectivity index (χ2v) is 5.98. The van der Waals surface area contributed by atoms with Gasteiger partial charge in [-0.05, 0) is 18.9 Å². The fourth-order valence-corrected chi connectivity index (χ4v) is 2.83. The Hall–Kier alpha value is -1.66. The Balaban J connectivity index is 2.05. The highest BCUT2D eigenvalue weighted by molar-refractivity contribution is 6.33. The predicted molar refractivity (Wildman–Crippen MR) is 81.4 cm³/mol. The number of nitrogens with one attached hydrogen (secondary N) is 1. The molecule has 3 N–H and O–H groups in total. The molecule has 0 saturated heterocycles. The lowest BCUT2D eigenvalue weighted by Crippen LogP contribution is -2.44. The van der Waals surface area contributed by atoms with Crippen molar-refractivity contribution in [1.29, 1.82) is 0 Å². The average Bonchev–Trinajstić information content (AvgIpc) is 2.41. The first-order valence-electron chi connectivity index (χ1n) is 6.92. The zero-order valence-corrected chi connectivity index (χ0v) is 12.4. The maximum Gasteiger partial charge on any atom is 0.271 e. The first-order valence-corrected chi connectivity index (χ1v) is 7.30. The van der Waals surface area contributed by atoms with E-state index >= 15 is 0 Å². The molecule has 1 aliphatic rings. The molecular weight excluding hydrogens is 294 g/mol. The summed E-state index contributed by atoms with van der Waals surface area (Å²) in [6.45, 7) is 0. The van der Waals surface area contributed by atoms with Gasteiger partial charge in [-0.25, -0.2) is 0 Å². The van der Waals surface area contributed by atoms with Gasteiger partial charge in [-0.15, -0.1) is 0 Å². The Labute approximate surface area is 127 Å². The fourth-order valence-electron chi connectivity index (χ4n) is 2.67. The van der Waals surface area contributed by atoms with Crippen LogP contribution in [0.4, 0.5) is 11.4 Å². The first kappa shape index (κ1) is 15.7. The van der Waals surface area contributed by atoms with Crippen LogP contribution in [-0.2, 0) is 4.79 Å². The number of amides is 1. The van der Waals surface area contributed by atoms with Crippen LogP contribution in [0, 0.1) is 10.1 Å². The van der Waals surface area contributed by atoms with Crippen LogP contribution < -0.4 is 11.1 Å². The first-order chi connectivity index (χ1) is 9.89. The molecule has 1 aliphatic carbocycles. The third-order valence-corrected chi connectivity index (χ3v) is 4.13. The Morgan fingerprint density at radius 3 is 2.67 bits per heavy atom. The van der Waals surface area contributed by atoms with Gasteiger partial charge in [-0.2, -0.15) is 0 Å². The normalized spacial score (nSPS) is 17.2. The van der Waals surface area contributed by atoms with Gasteiger partial charge in [0.05, 0.1) is 15.6 Å². The molecule has 0 heterocycles. The molecule has 1 saturated carbocycles. The standard InChI is InChI=1S/C14H18ClN3O3/c15-11-5-4-10(18(20)21)8-12(11)17-13(19)9-14(16)6-2-1-3-7-14/h4-5,8H,1-3,6-7,9,16H2,(H,17,19). The van der Waals surface area contributed by atoms with Crippen molar-refractivity contribution in [2.45, 2.75) is 44.1 Å². The van der Waals surface area contributed by atoms with E-state index in [9.17, 15) is 14.9 Å². The summed E-state index contributed by atoms with van der Waals surface area (Å²) in [5.74, 6) is -0.262. The summed E-state index contributed by atoms with van der Waals surface area (Å²) in [5, 5.41) is 13.6. The quantitative estimate of drug-likeness (QED) is 0.658. The molecule has 7 heteroatoms. The molecule has 1 aromatic rings. The lowest BCUT2D eigenvalue weighted by atomic mass is 9.80. The molecule has 0 atom stereocenters. The van der Waals surface area contributed by atoms with Crippen LogP contribution in [0.25, 0.3) is 0 Å². The minimum atomic E-state index is -0.530. The molecule has 1 fully saturated rings. The highest BCUT2D eigenvalue weighted by atomic mass is 35.5. The van der Waals surface area contributed by atoms with E-state index in [1.807, 2.05) is 0 Å². The molecule has 0 bridgehead atoms. The van der Waals surface area contributed by atoms with E-state index in [0.717, 1.165) is 32.1 Å². The molecule has 0 aliphatic heterocycles. The number of rotatable bonds is 4. The summed E-state index contributed by atoms with van der Waals surface area (Å²) in [6.07, 6.45) is 5.05. The number of nitrogens with two attached hydrogens (primary N) is 1. The molecule has 2 rings (SSSR count). The third kappa shape index (κ3) is 4.15. The lowest BCUT2D eigenvalue weighted by molar-refractivity contribution is -0.384. The lowest BCUT2D eigenvalue weighted by Gasteiger charge is -2.32. The van der Waals surface area contributed by atoms with Crippen LogP contribution in [-0.4, -0.2) is 16.4 Å². The van der Waals surface area contributed by atoms with E-state index in [4.69, 9.17) is 17.3 Å². The van der Waals surface area contributed by atoms with Crippen LogP contribution >= 0.6 is 11.6 Å². The smallest absolute Gasteiger partial charge is 0.271 e. The molecule has 0 aromatic heterocycles. The molecule has 6 nitrogen and oxygen atoms in total. The molecule has 21 heavy (non-hydrogen) atoms. The number of hydrogen-bond donors (Lipinski definition) is 2. The van der Waals surface area contributed by atoms with Crippen LogP contribution in [0.2, 0.25) is 5.02 Å². The van der Waals surface area contributed by atoms with Gasteiger partial charge in [0.25, 0.3) is 5.69 Å². The summed E-state index contributed by atoms with van der Waals surface area (Å²) >= 11 is 5.95. The van der Waals surface area contributed by atoms with Crippen LogP contribution in [0.3, 0.4) is 0 Å². The largest absolute Gasteiger partial charge is 0.325 e. The molecule has 114 valence electrons. The van der Waals surface area contributed by atoms with Crippen LogP contribution in [0.15, 0.2) is 18.2 Å². The Kier molecular flexibility index (Phi) is 4.80. The summed E-state index contributed by atoms with van der Waals surface area (Å²) < 4.78 is 0. The highest BCUT2D eigenvalue weighted by Crippen LogP contribution is 2.30. The van der Waals surface area contributed by atoms with Gasteiger partial charge in [-0.1, -0.05) is 30.9 Å². The second kappa shape index (κ2) is 6.41. The average molecular weight is 312 g/mol. The number of anilines is 1. The number of carbonyl (C=O) groups excluding carboxylic acids is 1. The van der Waals surface area contributed by atoms with Crippen molar-refractivity contribution in [3.8, 4) is 0 Å². The minimum absolute atomic E-state index is 0.116. The van der Waals surface area contributed by atoms with Gasteiger partial charge in [0.15, 0.2) is 0 Å². The monoisotopic (exact) mass is 311 g/mol. The number of nitro groups is 1. The van der Waals surface area contributed by atoms with Crippen LogP contribution in [0.1, 0.15) is 38.5 Å². The van der Waals surface area contributed by atoms with E-state index in [-0.39, 0.29) is 28.7 Å². The number of non-ortho nitro benzene ring substituents is 1. The summed E-state index contributed by atoms with van der Waals surface area (Å²) in [5.41, 5.74) is 5.88. The predicted octanol–water partition coefficient (Wildman–Crippen LogP) is 3.24. The summed E-state index contributed by atoms with van der Waals surface area (Å²) in [6, 6.07) is 3.95. The van der Waals surface area contributed by atoms with Crippen molar-refractivity contribution in [1.82, 2.24) is 0 Å². The number of carbonyl (C=O) groups is 1. The second-order valence-electron chi connectivity index (χ2n) is 5.57. The number of nitrogens with zero attached hydrogens (tertiary/aromatic N) is 1. The van der Waals surface area contributed by atoms with Gasteiger partial charge in [0.2, 0.25) is 5.91 Å². The molecule has 0 spiro atoms. The van der Waals surface area contributed by atoms with Crippen molar-refractivity contribution in [2.75, 3.05) is 5.32 Å². The van der Waals surface area contributed by atoms with Crippen molar-refractivity contribution in [3.63, 3.8) is 0 Å². The number of nitro benzene ring substituents is 1. The number of hydrogen-bond acceptors (Lipinski definition) is 4. The Morgan fingerprint density at radius 2 is 2.05 bits per heavy atom. The Morgan fingerprint density at radius 1 is 1.38 bits per heavy atom. The Bertz CT molecular complexity index is 556. The molecule has 0 radical (unpaired) electrons. The zero-order chi connectivity index (χ0) is 15.5.